The van der Waals surface area contributed by atoms with E-state index in [2.05, 4.69) is 4.90 Å². The molecule has 6 heteroatoms. The highest BCUT2D eigenvalue weighted by Crippen LogP contribution is 2.40. The number of aliphatic hydroxyl groups is 1. The van der Waals surface area contributed by atoms with Gasteiger partial charge in [-0.1, -0.05) is 12.8 Å². The van der Waals surface area contributed by atoms with Gasteiger partial charge in [0.25, 0.3) is 0 Å². The summed E-state index contributed by atoms with van der Waals surface area (Å²) < 4.78 is 0. The predicted molar refractivity (Wildman–Crippen MR) is 72.3 cm³/mol. The second-order valence-electron chi connectivity index (χ2n) is 4.67. The molecule has 18 heavy (non-hydrogen) atoms. The Morgan fingerprint density at radius 3 is 2.50 bits per heavy atom. The van der Waals surface area contributed by atoms with Gasteiger partial charge in [-0.25, -0.2) is 0 Å². The van der Waals surface area contributed by atoms with Gasteiger partial charge in [-0.05, 0) is 19.8 Å². The molecular weight excluding hydrogens is 252 g/mol. The van der Waals surface area contributed by atoms with E-state index in [1.54, 1.807) is 6.92 Å². The second kappa shape index (κ2) is 5.67. The first kappa shape index (κ1) is 13.3. The summed E-state index contributed by atoms with van der Waals surface area (Å²) in [6.07, 6.45) is 3.91. The minimum Gasteiger partial charge on any atom is -0.388 e. The molecule has 1 aromatic rings. The van der Waals surface area contributed by atoms with Crippen molar-refractivity contribution < 1.29 is 10.0 Å². The zero-order valence-corrected chi connectivity index (χ0v) is 11.3. The summed E-state index contributed by atoms with van der Waals surface area (Å²) >= 11 is 1.35. The molecule has 1 aromatic heterocycles. The Hall–Kier alpha value is -1.14. The largest absolute Gasteiger partial charge is 0.388 e. The van der Waals surface area contributed by atoms with Gasteiger partial charge in [0.05, 0.1) is 11.0 Å². The highest BCUT2D eigenvalue weighted by Gasteiger charge is 2.25. The lowest BCUT2D eigenvalue weighted by Gasteiger charge is -2.19. The van der Waals surface area contributed by atoms with Crippen LogP contribution in [0.4, 0.5) is 10.7 Å². The van der Waals surface area contributed by atoms with Crippen molar-refractivity contribution in [1.82, 2.24) is 0 Å². The van der Waals surface area contributed by atoms with Gasteiger partial charge in [0.1, 0.15) is 0 Å². The molecule has 2 heterocycles. The summed E-state index contributed by atoms with van der Waals surface area (Å²) in [5.74, 6) is 0. The van der Waals surface area contributed by atoms with Crippen molar-refractivity contribution in [3.63, 3.8) is 0 Å². The third kappa shape index (κ3) is 2.81. The fraction of sp³-hybridized carbons (Fsp3) is 0.667. The topological polar surface area (TPSA) is 66.6 Å². The molecule has 1 fully saturated rings. The van der Waals surface area contributed by atoms with Crippen LogP contribution in [0.2, 0.25) is 0 Å². The quantitative estimate of drug-likeness (QED) is 0.677. The van der Waals surface area contributed by atoms with Crippen LogP contribution >= 0.6 is 11.3 Å². The van der Waals surface area contributed by atoms with Crippen LogP contribution in [0.3, 0.4) is 0 Å². The molecule has 0 aliphatic carbocycles. The zero-order valence-electron chi connectivity index (χ0n) is 10.5. The second-order valence-corrected chi connectivity index (χ2v) is 5.74. The van der Waals surface area contributed by atoms with Gasteiger partial charge in [0, 0.05) is 24.0 Å². The molecule has 1 saturated heterocycles. The number of nitrogens with zero attached hydrogens (tertiary/aromatic N) is 2. The fourth-order valence-electron chi connectivity index (χ4n) is 2.23. The highest BCUT2D eigenvalue weighted by molar-refractivity contribution is 7.16. The van der Waals surface area contributed by atoms with Crippen LogP contribution < -0.4 is 4.90 Å². The van der Waals surface area contributed by atoms with Gasteiger partial charge in [-0.3, -0.25) is 10.1 Å². The number of nitro groups is 1. The van der Waals surface area contributed by atoms with E-state index in [0.717, 1.165) is 25.9 Å². The molecule has 0 saturated carbocycles. The Labute approximate surface area is 110 Å². The van der Waals surface area contributed by atoms with Crippen molar-refractivity contribution in [2.24, 2.45) is 0 Å². The summed E-state index contributed by atoms with van der Waals surface area (Å²) in [6.45, 7) is 3.39. The zero-order chi connectivity index (χ0) is 13.1. The Bertz CT molecular complexity index is 423. The number of rotatable bonds is 3. The smallest absolute Gasteiger partial charge is 0.304 e. The molecule has 0 unspecified atom stereocenters. The molecule has 0 aromatic carbocycles. The highest BCUT2D eigenvalue weighted by atomic mass is 32.1. The minimum atomic E-state index is -0.644. The maximum Gasteiger partial charge on any atom is 0.304 e. The predicted octanol–water partition coefficient (Wildman–Crippen LogP) is 3.09. The number of hydrogen-bond donors (Lipinski definition) is 1. The Morgan fingerprint density at radius 1 is 1.39 bits per heavy atom. The van der Waals surface area contributed by atoms with Crippen molar-refractivity contribution in [2.75, 3.05) is 18.0 Å². The van der Waals surface area contributed by atoms with Crippen molar-refractivity contribution in [2.45, 2.75) is 38.7 Å². The molecule has 1 atom stereocenters. The maximum absolute atomic E-state index is 11.1. The molecule has 1 aliphatic heterocycles. The normalized spacial score (nSPS) is 18.4. The van der Waals surface area contributed by atoms with E-state index in [4.69, 9.17) is 0 Å². The van der Waals surface area contributed by atoms with Gasteiger partial charge in [0.15, 0.2) is 5.00 Å². The Balaban J connectivity index is 2.31. The number of thiophene rings is 1. The fourth-order valence-corrected chi connectivity index (χ4v) is 3.34. The third-order valence-corrected chi connectivity index (χ3v) is 4.57. The molecule has 5 nitrogen and oxygen atoms in total. The first-order valence-corrected chi connectivity index (χ1v) is 7.12. The van der Waals surface area contributed by atoms with Crippen molar-refractivity contribution in [3.05, 3.63) is 21.1 Å². The Kier molecular flexibility index (Phi) is 4.19. The van der Waals surface area contributed by atoms with Crippen LogP contribution in [-0.4, -0.2) is 23.1 Å². The lowest BCUT2D eigenvalue weighted by atomic mass is 10.2. The van der Waals surface area contributed by atoms with E-state index in [9.17, 15) is 15.2 Å². The number of anilines is 1. The van der Waals surface area contributed by atoms with E-state index in [0.29, 0.717) is 9.88 Å². The monoisotopic (exact) mass is 270 g/mol. The SMILES string of the molecule is C[C@@H](O)c1cc([N+](=O)[O-])c(N2CCCCCC2)s1. The van der Waals surface area contributed by atoms with E-state index in [1.165, 1.54) is 30.2 Å². The third-order valence-electron chi connectivity index (χ3n) is 3.21. The molecule has 0 bridgehead atoms. The van der Waals surface area contributed by atoms with E-state index < -0.39 is 6.10 Å². The summed E-state index contributed by atoms with van der Waals surface area (Å²) in [7, 11) is 0. The van der Waals surface area contributed by atoms with Crippen LogP contribution in [0, 0.1) is 10.1 Å². The van der Waals surface area contributed by atoms with Gasteiger partial charge < -0.3 is 10.0 Å². The standard InChI is InChI=1S/C12H18N2O3S/c1-9(15)11-8-10(14(16)17)12(18-11)13-6-4-2-3-5-7-13/h8-9,15H,2-7H2,1H3/t9-/m1/s1. The lowest BCUT2D eigenvalue weighted by Crippen LogP contribution is -2.23. The van der Waals surface area contributed by atoms with Crippen LogP contribution in [-0.2, 0) is 0 Å². The van der Waals surface area contributed by atoms with E-state index >= 15 is 0 Å². The van der Waals surface area contributed by atoms with Gasteiger partial charge in [-0.15, -0.1) is 11.3 Å². The molecule has 1 N–H and O–H groups in total. The van der Waals surface area contributed by atoms with E-state index in [1.807, 2.05) is 0 Å². The molecule has 0 spiro atoms. The van der Waals surface area contributed by atoms with E-state index in [-0.39, 0.29) is 10.6 Å². The van der Waals surface area contributed by atoms with Crippen LogP contribution in [0.15, 0.2) is 6.07 Å². The first-order valence-electron chi connectivity index (χ1n) is 6.30. The molecular formula is C12H18N2O3S. The number of hydrogen-bond acceptors (Lipinski definition) is 5. The van der Waals surface area contributed by atoms with Crippen LogP contribution in [0.5, 0.6) is 0 Å². The summed E-state index contributed by atoms with van der Waals surface area (Å²) in [5, 5.41) is 21.4. The van der Waals surface area contributed by atoms with Crippen molar-refractivity contribution in [3.8, 4) is 0 Å². The van der Waals surface area contributed by atoms with Crippen molar-refractivity contribution >= 4 is 22.0 Å². The maximum atomic E-state index is 11.1. The Morgan fingerprint density at radius 2 is 2.00 bits per heavy atom. The average molecular weight is 270 g/mol. The average Bonchev–Trinajstić information content (AvgIpc) is 2.59. The number of aliphatic hydroxyl groups excluding tert-OH is 1. The molecule has 100 valence electrons. The minimum absolute atomic E-state index is 0.137. The summed E-state index contributed by atoms with van der Waals surface area (Å²) in [5.41, 5.74) is 0.137. The lowest BCUT2D eigenvalue weighted by molar-refractivity contribution is -0.383. The summed E-state index contributed by atoms with van der Waals surface area (Å²) in [6, 6.07) is 1.51. The first-order chi connectivity index (χ1) is 8.59. The van der Waals surface area contributed by atoms with Gasteiger partial charge >= 0.3 is 5.69 Å². The molecule has 1 aliphatic rings. The van der Waals surface area contributed by atoms with Gasteiger partial charge in [0.2, 0.25) is 0 Å². The molecule has 2 rings (SSSR count). The molecule has 0 radical (unpaired) electrons. The molecule has 0 amide bonds. The summed E-state index contributed by atoms with van der Waals surface area (Å²) in [4.78, 5) is 13.5. The van der Waals surface area contributed by atoms with Crippen LogP contribution in [0.1, 0.15) is 43.6 Å². The van der Waals surface area contributed by atoms with Gasteiger partial charge in [-0.2, -0.15) is 0 Å². The van der Waals surface area contributed by atoms with Crippen LogP contribution in [0.25, 0.3) is 0 Å². The van der Waals surface area contributed by atoms with Crippen molar-refractivity contribution in [1.29, 1.82) is 0 Å².